The lowest BCUT2D eigenvalue weighted by Gasteiger charge is -2.35. The van der Waals surface area contributed by atoms with Crippen LogP contribution in [0.25, 0.3) is 50.0 Å². The molecule has 7 heteroatoms. The summed E-state index contributed by atoms with van der Waals surface area (Å²) in [5.41, 5.74) is 9.63. The van der Waals surface area contributed by atoms with Crippen LogP contribution in [0.5, 0.6) is 11.5 Å². The Labute approximate surface area is 220 Å². The van der Waals surface area contributed by atoms with E-state index in [9.17, 15) is 0 Å². The van der Waals surface area contributed by atoms with Gasteiger partial charge in [-0.3, -0.25) is 0 Å². The molecule has 7 heterocycles. The molecule has 0 fully saturated rings. The fourth-order valence-corrected chi connectivity index (χ4v) is 8.71. The van der Waals surface area contributed by atoms with Crippen molar-refractivity contribution in [2.75, 3.05) is 0 Å². The molecule has 0 N–H and O–H groups in total. The SMILES string of the molecule is Cn1c2[n+](c3ccccc31)[N@@+]13c4c(cccc4-2)Oc2ccc4c(c21)-n1c2c(cccc2c2ccc[n+]3c21)S4. The lowest BCUT2D eigenvalue weighted by Crippen LogP contribution is -2.84. The molecule has 3 aromatic heterocycles. The molecule has 1 spiro atoms. The van der Waals surface area contributed by atoms with Crippen LogP contribution in [-0.4, -0.2) is 9.13 Å². The van der Waals surface area contributed by atoms with Crippen molar-refractivity contribution in [1.29, 1.82) is 0 Å². The van der Waals surface area contributed by atoms with Crippen molar-refractivity contribution in [3.8, 4) is 28.6 Å². The summed E-state index contributed by atoms with van der Waals surface area (Å²) < 4.78 is 17.0. The van der Waals surface area contributed by atoms with E-state index in [0.717, 1.165) is 22.9 Å². The monoisotopic (exact) mass is 508 g/mol. The van der Waals surface area contributed by atoms with Crippen molar-refractivity contribution in [3.63, 3.8) is 0 Å². The summed E-state index contributed by atoms with van der Waals surface area (Å²) in [7, 11) is 2.18. The number of nitrogens with zero attached hydrogens (tertiary/aromatic N) is 5. The van der Waals surface area contributed by atoms with Crippen LogP contribution in [0, 0.1) is 0 Å². The molecule has 1 atom stereocenters. The molecule has 0 radical (unpaired) electrons. The predicted molar refractivity (Wildman–Crippen MR) is 146 cm³/mol. The molecule has 0 amide bonds. The van der Waals surface area contributed by atoms with Gasteiger partial charge < -0.3 is 4.74 Å². The summed E-state index contributed by atoms with van der Waals surface area (Å²) in [5.74, 6) is 2.98. The Bertz CT molecular complexity index is 2330. The molecule has 4 aliphatic heterocycles. The van der Waals surface area contributed by atoms with Gasteiger partial charge in [0.25, 0.3) is 5.69 Å². The normalized spacial score (nSPS) is 18.3. The fraction of sp³-hybridized carbons (Fsp3) is 0.0323. The van der Waals surface area contributed by atoms with E-state index in [1.165, 1.54) is 59.8 Å². The van der Waals surface area contributed by atoms with Gasteiger partial charge >= 0.3 is 17.2 Å². The number of benzene rings is 4. The summed E-state index contributed by atoms with van der Waals surface area (Å²) in [4.78, 5) is 2.55. The van der Waals surface area contributed by atoms with Gasteiger partial charge in [0.15, 0.2) is 23.0 Å². The standard InChI is InChI=1S/C31H18N5OS/c1-32-20-10-2-3-11-21(20)35-30(32)19-8-4-12-22-28(19)36(35)29-23(37-22)14-15-25-27(29)34-26-17(7-5-13-24(26)38-25)18-9-6-16-33(36)31(18)34/h2-16H,1H3/q+3/t36-/m0/s1. The molecular weight excluding hydrogens is 490 g/mol. The van der Waals surface area contributed by atoms with Crippen LogP contribution in [0.15, 0.2) is 101 Å². The zero-order valence-corrected chi connectivity index (χ0v) is 21.0. The van der Waals surface area contributed by atoms with Crippen LogP contribution in [0.4, 0.5) is 11.4 Å². The van der Waals surface area contributed by atoms with Crippen LogP contribution in [0.1, 0.15) is 0 Å². The predicted octanol–water partition coefficient (Wildman–Crippen LogP) is 6.28. The zero-order chi connectivity index (χ0) is 24.5. The van der Waals surface area contributed by atoms with Gasteiger partial charge in [-0.1, -0.05) is 36.0 Å². The van der Waals surface area contributed by atoms with Gasteiger partial charge in [0, 0.05) is 10.1 Å². The maximum Gasteiger partial charge on any atom is 0.352 e. The van der Waals surface area contributed by atoms with Gasteiger partial charge in [0.2, 0.25) is 17.0 Å². The Balaban J connectivity index is 1.52. The van der Waals surface area contributed by atoms with Crippen molar-refractivity contribution in [1.82, 2.24) is 13.8 Å². The van der Waals surface area contributed by atoms with E-state index in [1.807, 2.05) is 11.8 Å². The Morgan fingerprint density at radius 1 is 0.789 bits per heavy atom. The van der Waals surface area contributed by atoms with Crippen molar-refractivity contribution in [2.24, 2.45) is 7.05 Å². The summed E-state index contributed by atoms with van der Waals surface area (Å²) in [6.45, 7) is 0. The molecule has 0 saturated heterocycles. The largest absolute Gasteiger partial charge is 0.444 e. The number of ether oxygens (including phenoxy) is 1. The van der Waals surface area contributed by atoms with E-state index < -0.39 is 0 Å². The first-order valence-electron chi connectivity index (χ1n) is 12.8. The molecular formula is C31H18N5OS+3. The van der Waals surface area contributed by atoms with E-state index in [1.54, 1.807) is 0 Å². The van der Waals surface area contributed by atoms with Crippen LogP contribution in [0.3, 0.4) is 0 Å². The molecule has 7 aromatic rings. The number of para-hydroxylation sites is 4. The van der Waals surface area contributed by atoms with Gasteiger partial charge in [-0.2, -0.15) is 4.57 Å². The third kappa shape index (κ3) is 1.63. The van der Waals surface area contributed by atoms with E-state index in [2.05, 4.69) is 117 Å². The summed E-state index contributed by atoms with van der Waals surface area (Å²) in [5, 5.41) is 2.55. The lowest BCUT2D eigenvalue weighted by molar-refractivity contribution is -1.01. The maximum absolute atomic E-state index is 6.76. The molecule has 176 valence electrons. The average molecular weight is 509 g/mol. The van der Waals surface area contributed by atoms with Gasteiger partial charge in [0.05, 0.1) is 26.9 Å². The van der Waals surface area contributed by atoms with E-state index >= 15 is 0 Å². The van der Waals surface area contributed by atoms with E-state index in [0.29, 0.717) is 4.70 Å². The zero-order valence-electron chi connectivity index (χ0n) is 20.2. The summed E-state index contributed by atoms with van der Waals surface area (Å²) >= 11 is 1.87. The molecule has 6 nitrogen and oxygen atoms in total. The Morgan fingerprint density at radius 2 is 1.66 bits per heavy atom. The van der Waals surface area contributed by atoms with Crippen LogP contribution in [-0.2, 0) is 7.05 Å². The number of hydrogen-bond acceptors (Lipinski definition) is 2. The summed E-state index contributed by atoms with van der Waals surface area (Å²) in [6.07, 6.45) is 2.25. The topological polar surface area (TPSA) is 26.8 Å². The smallest absolute Gasteiger partial charge is 0.352 e. The molecule has 0 saturated carbocycles. The molecule has 0 unspecified atom stereocenters. The highest BCUT2D eigenvalue weighted by atomic mass is 32.2. The highest BCUT2D eigenvalue weighted by Crippen LogP contribution is 2.62. The van der Waals surface area contributed by atoms with E-state index in [-0.39, 0.29) is 0 Å². The van der Waals surface area contributed by atoms with Gasteiger partial charge in [-0.15, -0.1) is 0 Å². The molecule has 38 heavy (non-hydrogen) atoms. The molecule has 0 aliphatic carbocycles. The Hall–Kier alpha value is -4.59. The summed E-state index contributed by atoms with van der Waals surface area (Å²) in [6, 6.07) is 30.8. The highest BCUT2D eigenvalue weighted by Gasteiger charge is 2.69. The number of hydrogen-bond donors (Lipinski definition) is 0. The number of imidazole rings is 1. The van der Waals surface area contributed by atoms with Crippen molar-refractivity contribution >= 4 is 56.1 Å². The number of rotatable bonds is 0. The second-order valence-electron chi connectivity index (χ2n) is 10.5. The third-order valence-corrected chi connectivity index (χ3v) is 9.97. The number of pyridine rings is 1. The minimum absolute atomic E-state index is 0.407. The number of aryl methyl sites for hydroxylation is 1. The minimum atomic E-state index is 0.407. The Morgan fingerprint density at radius 3 is 2.63 bits per heavy atom. The average Bonchev–Trinajstić information content (AvgIpc) is 3.57. The lowest BCUT2D eigenvalue weighted by atomic mass is 10.1. The minimum Gasteiger partial charge on any atom is -0.444 e. The number of aromatic nitrogens is 4. The van der Waals surface area contributed by atoms with Gasteiger partial charge in [0.1, 0.15) is 5.56 Å². The molecule has 11 rings (SSSR count). The quantitative estimate of drug-likeness (QED) is 0.178. The van der Waals surface area contributed by atoms with Gasteiger partial charge in [-0.25, -0.2) is 4.57 Å². The third-order valence-electron chi connectivity index (χ3n) is 8.87. The second kappa shape index (κ2) is 5.62. The first kappa shape index (κ1) is 18.6. The molecule has 4 aromatic carbocycles. The molecule has 4 aliphatic rings. The first-order valence-corrected chi connectivity index (χ1v) is 13.7. The number of quaternary nitrogens is 1. The molecule has 0 bridgehead atoms. The van der Waals surface area contributed by atoms with Crippen LogP contribution in [0.2, 0.25) is 0 Å². The van der Waals surface area contributed by atoms with Crippen molar-refractivity contribution in [3.05, 3.63) is 91.1 Å². The number of fused-ring (bicyclic) bond motifs is 5. The van der Waals surface area contributed by atoms with Crippen LogP contribution < -0.4 is 18.8 Å². The van der Waals surface area contributed by atoms with E-state index in [4.69, 9.17) is 4.74 Å². The highest BCUT2D eigenvalue weighted by molar-refractivity contribution is 7.99. The fourth-order valence-electron chi connectivity index (χ4n) is 7.61. The second-order valence-corrected chi connectivity index (χ2v) is 11.6. The van der Waals surface area contributed by atoms with Crippen LogP contribution >= 0.6 is 11.8 Å². The first-order chi connectivity index (χ1) is 18.8. The van der Waals surface area contributed by atoms with Gasteiger partial charge in [-0.05, 0) is 65.3 Å². The van der Waals surface area contributed by atoms with Crippen molar-refractivity contribution < 1.29 is 14.1 Å². The van der Waals surface area contributed by atoms with Crippen molar-refractivity contribution in [2.45, 2.75) is 9.79 Å². The Kier molecular flexibility index (Phi) is 2.76. The maximum atomic E-state index is 6.76.